The molecule has 0 aromatic heterocycles. The Balaban J connectivity index is 2.27. The van der Waals surface area contributed by atoms with Crippen molar-refractivity contribution in [3.8, 4) is 23.0 Å². The number of ether oxygens (including phenoxy) is 4. The molecule has 3 rings (SSSR count). The summed E-state index contributed by atoms with van der Waals surface area (Å²) >= 11 is 0. The molecule has 1 saturated carbocycles. The molecule has 0 amide bonds. The van der Waals surface area contributed by atoms with Crippen molar-refractivity contribution in [2.45, 2.75) is 210 Å². The lowest BCUT2D eigenvalue weighted by molar-refractivity contribution is 0.0300. The van der Waals surface area contributed by atoms with Crippen molar-refractivity contribution in [2.24, 2.45) is 0 Å². The van der Waals surface area contributed by atoms with E-state index in [1.54, 1.807) is 28.4 Å². The molecule has 1 aliphatic rings. The van der Waals surface area contributed by atoms with Gasteiger partial charge in [-0.25, -0.2) is 0 Å². The first-order valence-corrected chi connectivity index (χ1v) is 26.7. The van der Waals surface area contributed by atoms with Crippen LogP contribution in [0.1, 0.15) is 190 Å². The number of nitrogens with zero attached hydrogens (tertiary/aromatic N) is 1. The Morgan fingerprint density at radius 1 is 0.500 bits per heavy atom. The van der Waals surface area contributed by atoms with Crippen LogP contribution < -0.4 is 24.3 Å². The molecule has 0 unspecified atom stereocenters. The van der Waals surface area contributed by atoms with Gasteiger partial charge in [-0.2, -0.15) is 0 Å². The van der Waals surface area contributed by atoms with E-state index in [2.05, 4.69) is 165 Å². The molecule has 0 aliphatic heterocycles. The average molecular weight is 959 g/mol. The van der Waals surface area contributed by atoms with E-state index in [0.717, 1.165) is 126 Å². The highest BCUT2D eigenvalue weighted by Crippen LogP contribution is 2.40. The summed E-state index contributed by atoms with van der Waals surface area (Å²) in [7, 11) is 6.89. The Morgan fingerprint density at radius 2 is 0.900 bits per heavy atom. The smallest absolute Gasteiger partial charge is 0.161 e. The lowest BCUT2D eigenvalue weighted by Gasteiger charge is -2.51. The molecule has 0 radical (unpaired) electrons. The second-order valence-electron chi connectivity index (χ2n) is 21.1. The molecule has 6 heteroatoms. The quantitative estimate of drug-likeness (QED) is 0.0760. The molecule has 2 aromatic rings. The minimum absolute atomic E-state index is 0.268. The lowest BCUT2D eigenvalue weighted by Crippen LogP contribution is -2.59. The van der Waals surface area contributed by atoms with Crippen LogP contribution in [-0.4, -0.2) is 51.0 Å². The van der Waals surface area contributed by atoms with Crippen LogP contribution in [0.15, 0.2) is 130 Å². The molecule has 0 spiro atoms. The van der Waals surface area contributed by atoms with Crippen LogP contribution >= 0.6 is 0 Å². The van der Waals surface area contributed by atoms with Crippen LogP contribution in [0.25, 0.3) is 0 Å². The van der Waals surface area contributed by atoms with Crippen molar-refractivity contribution in [1.82, 2.24) is 10.2 Å². The molecule has 1 N–H and O–H groups in total. The molecule has 0 saturated heterocycles. The fourth-order valence-corrected chi connectivity index (χ4v) is 9.76. The molecule has 1 fully saturated rings. The maximum Gasteiger partial charge on any atom is 0.161 e. The number of hydrogen-bond acceptors (Lipinski definition) is 6. The zero-order valence-electron chi connectivity index (χ0n) is 47.0. The van der Waals surface area contributed by atoms with E-state index in [-0.39, 0.29) is 17.6 Å². The van der Waals surface area contributed by atoms with Gasteiger partial charge in [0.15, 0.2) is 23.0 Å². The van der Waals surface area contributed by atoms with Gasteiger partial charge in [0.1, 0.15) is 0 Å². The predicted octanol–water partition coefficient (Wildman–Crippen LogP) is 17.7. The third kappa shape index (κ3) is 21.9. The Kier molecular flexibility index (Phi) is 27.7. The second kappa shape index (κ2) is 32.5. The van der Waals surface area contributed by atoms with Crippen molar-refractivity contribution >= 4 is 0 Å². The van der Waals surface area contributed by atoms with E-state index in [1.165, 1.54) is 68.6 Å². The molecule has 6 nitrogen and oxygen atoms in total. The van der Waals surface area contributed by atoms with Crippen LogP contribution in [0, 0.1) is 0 Å². The summed E-state index contributed by atoms with van der Waals surface area (Å²) in [6.07, 6.45) is 37.2. The van der Waals surface area contributed by atoms with Crippen molar-refractivity contribution in [2.75, 3.05) is 28.4 Å². The largest absolute Gasteiger partial charge is 0.493 e. The number of benzene rings is 2. The zero-order valence-corrected chi connectivity index (χ0v) is 47.0. The molecular formula is C64H98N2O4. The first kappa shape index (κ1) is 59.8. The number of rotatable bonds is 31. The van der Waals surface area contributed by atoms with E-state index in [1.807, 2.05) is 6.07 Å². The maximum atomic E-state index is 5.97. The van der Waals surface area contributed by atoms with E-state index >= 15 is 0 Å². The highest BCUT2D eigenvalue weighted by molar-refractivity contribution is 5.44. The van der Waals surface area contributed by atoms with Gasteiger partial charge in [0.05, 0.1) is 28.4 Å². The summed E-state index contributed by atoms with van der Waals surface area (Å²) in [5.74, 6) is 3.04. The van der Waals surface area contributed by atoms with E-state index < -0.39 is 0 Å². The number of methoxy groups -OCH3 is 4. The summed E-state index contributed by atoms with van der Waals surface area (Å²) in [6.45, 7) is 26.4. The van der Waals surface area contributed by atoms with Gasteiger partial charge >= 0.3 is 0 Å². The minimum atomic E-state index is -0.317. The van der Waals surface area contributed by atoms with Gasteiger partial charge in [-0.15, -0.1) is 0 Å². The summed E-state index contributed by atoms with van der Waals surface area (Å²) in [6, 6.07) is 13.4. The topological polar surface area (TPSA) is 52.2 Å². The average Bonchev–Trinajstić information content (AvgIpc) is 3.33. The fraction of sp³-hybridized carbons (Fsp3) is 0.562. The number of allylic oxidation sites excluding steroid dienone is 13. The number of nitrogens with one attached hydrogen (secondary N) is 1. The zero-order chi connectivity index (χ0) is 51.5. The summed E-state index contributed by atoms with van der Waals surface area (Å²) in [5.41, 5.74) is 13.6. The molecular weight excluding hydrogens is 861 g/mol. The predicted molar refractivity (Wildman–Crippen MR) is 303 cm³/mol. The standard InChI is InChI=1S/C64H98N2O4/c1-48(2)23-18-26-51(7)28-21-30-53(9)39-41-64(45-55(11)32-20-25-50(5)6,42-40-54(10)31-22-29-52(8)27-19-24-49(3)4)66(47-57-36-38-61(68-13)63(44-57)70-15)59-34-17-16-33-58(59)65-46-56-35-37-60(67-12)62(43-56)69-14/h23-25,28-29,35-40,43-45,58-59,65H,16-22,26-27,30-34,41-42,46-47H2,1-15H3/t58-,59-,64?/m1/s1. The van der Waals surface area contributed by atoms with Gasteiger partial charge in [0.2, 0.25) is 0 Å². The highest BCUT2D eigenvalue weighted by Gasteiger charge is 2.41. The van der Waals surface area contributed by atoms with Gasteiger partial charge < -0.3 is 24.3 Å². The van der Waals surface area contributed by atoms with Crippen LogP contribution in [0.5, 0.6) is 23.0 Å². The van der Waals surface area contributed by atoms with Crippen molar-refractivity contribution in [1.29, 1.82) is 0 Å². The van der Waals surface area contributed by atoms with Crippen LogP contribution in [-0.2, 0) is 13.1 Å². The maximum absolute atomic E-state index is 5.97. The van der Waals surface area contributed by atoms with Gasteiger partial charge in [0, 0.05) is 30.7 Å². The molecule has 2 aromatic carbocycles. The van der Waals surface area contributed by atoms with Crippen molar-refractivity contribution in [3.05, 3.63) is 141 Å². The summed E-state index contributed by atoms with van der Waals surface area (Å²) < 4.78 is 23.1. The molecule has 388 valence electrons. The van der Waals surface area contributed by atoms with Crippen LogP contribution in [0.3, 0.4) is 0 Å². The SMILES string of the molecule is COc1ccc(CN[C@@H]2CCCC[C@H]2N(Cc2ccc(OC)c(OC)c2)C(C=C(C)CCC=C(C)C)(CC=C(C)CCC=C(C)CCC=C(C)C)CC=C(C)CCC=C(C)CCC=C(C)C)cc1OC. The summed E-state index contributed by atoms with van der Waals surface area (Å²) in [4.78, 5) is 2.93. The van der Waals surface area contributed by atoms with Crippen molar-refractivity contribution < 1.29 is 18.9 Å². The van der Waals surface area contributed by atoms with E-state index in [9.17, 15) is 0 Å². The highest BCUT2D eigenvalue weighted by atomic mass is 16.5. The van der Waals surface area contributed by atoms with Gasteiger partial charge in [0.25, 0.3) is 0 Å². The molecule has 0 heterocycles. The summed E-state index contributed by atoms with van der Waals surface area (Å²) in [5, 5.41) is 4.14. The van der Waals surface area contributed by atoms with Crippen LogP contribution in [0.4, 0.5) is 0 Å². The van der Waals surface area contributed by atoms with Crippen molar-refractivity contribution in [3.63, 3.8) is 0 Å². The lowest BCUT2D eigenvalue weighted by atomic mass is 9.79. The third-order valence-corrected chi connectivity index (χ3v) is 14.0. The molecule has 0 bridgehead atoms. The normalized spacial score (nSPS) is 16.9. The minimum Gasteiger partial charge on any atom is -0.493 e. The Morgan fingerprint density at radius 3 is 1.36 bits per heavy atom. The van der Waals surface area contributed by atoms with Gasteiger partial charge in [-0.05, 0) is 201 Å². The Bertz CT molecular complexity index is 2070. The van der Waals surface area contributed by atoms with Gasteiger partial charge in [-0.1, -0.05) is 118 Å². The fourth-order valence-electron chi connectivity index (χ4n) is 9.76. The first-order chi connectivity index (χ1) is 33.5. The molecule has 2 atom stereocenters. The Labute approximate surface area is 429 Å². The Hall–Kier alpha value is -4.52. The van der Waals surface area contributed by atoms with Crippen LogP contribution in [0.2, 0.25) is 0 Å². The van der Waals surface area contributed by atoms with E-state index in [0.29, 0.717) is 0 Å². The molecule has 70 heavy (non-hydrogen) atoms. The van der Waals surface area contributed by atoms with E-state index in [4.69, 9.17) is 18.9 Å². The first-order valence-electron chi connectivity index (χ1n) is 26.7. The molecule has 1 aliphatic carbocycles. The monoisotopic (exact) mass is 959 g/mol. The number of hydrogen-bond donors (Lipinski definition) is 1. The third-order valence-electron chi connectivity index (χ3n) is 14.0. The van der Waals surface area contributed by atoms with Gasteiger partial charge in [-0.3, -0.25) is 4.90 Å². The second-order valence-corrected chi connectivity index (χ2v) is 21.1.